The number of hydrogen-bond donors (Lipinski definition) is 1. The van der Waals surface area contributed by atoms with E-state index in [0.29, 0.717) is 6.54 Å². The molecule has 0 heterocycles. The highest BCUT2D eigenvalue weighted by Crippen LogP contribution is 2.22. The van der Waals surface area contributed by atoms with Crippen molar-refractivity contribution in [2.75, 3.05) is 20.6 Å². The van der Waals surface area contributed by atoms with Crippen molar-refractivity contribution < 1.29 is 8.42 Å². The zero-order valence-electron chi connectivity index (χ0n) is 14.4. The second kappa shape index (κ2) is 7.35. The summed E-state index contributed by atoms with van der Waals surface area (Å²) in [5.41, 5.74) is 0.945. The van der Waals surface area contributed by atoms with Crippen LogP contribution in [0, 0.1) is 0 Å². The Morgan fingerprint density at radius 3 is 2.20 bits per heavy atom. The SMILES string of the molecule is CN(C)C[C@@H](NS(=O)(=O)c1ccc2ccccc2c1)c1ccccc1. The van der Waals surface area contributed by atoms with E-state index in [1.807, 2.05) is 79.7 Å². The molecule has 0 radical (unpaired) electrons. The molecule has 0 aliphatic rings. The van der Waals surface area contributed by atoms with Crippen LogP contribution in [0.1, 0.15) is 11.6 Å². The zero-order chi connectivity index (χ0) is 17.9. The lowest BCUT2D eigenvalue weighted by Gasteiger charge is -2.23. The lowest BCUT2D eigenvalue weighted by atomic mass is 10.1. The third kappa shape index (κ3) is 4.25. The first-order valence-corrected chi connectivity index (χ1v) is 9.65. The average molecular weight is 354 g/mol. The van der Waals surface area contributed by atoms with Gasteiger partial charge in [0.05, 0.1) is 10.9 Å². The minimum atomic E-state index is -3.62. The molecule has 0 unspecified atom stereocenters. The fraction of sp³-hybridized carbons (Fsp3) is 0.200. The summed E-state index contributed by atoms with van der Waals surface area (Å²) in [6.45, 7) is 0.580. The van der Waals surface area contributed by atoms with Crippen molar-refractivity contribution in [2.45, 2.75) is 10.9 Å². The van der Waals surface area contributed by atoms with Gasteiger partial charge in [-0.1, -0.05) is 60.7 Å². The van der Waals surface area contributed by atoms with E-state index in [0.717, 1.165) is 16.3 Å². The molecular formula is C20H22N2O2S. The predicted molar refractivity (Wildman–Crippen MR) is 102 cm³/mol. The first kappa shape index (κ1) is 17.6. The molecule has 0 bridgehead atoms. The van der Waals surface area contributed by atoms with E-state index < -0.39 is 10.0 Å². The van der Waals surface area contributed by atoms with Crippen LogP contribution >= 0.6 is 0 Å². The molecule has 0 aliphatic heterocycles. The normalized spacial score (nSPS) is 13.2. The monoisotopic (exact) mass is 354 g/mol. The maximum absolute atomic E-state index is 12.9. The molecule has 0 aliphatic carbocycles. The van der Waals surface area contributed by atoms with Gasteiger partial charge >= 0.3 is 0 Å². The second-order valence-electron chi connectivity index (χ2n) is 6.36. The highest BCUT2D eigenvalue weighted by molar-refractivity contribution is 7.89. The van der Waals surface area contributed by atoms with Gasteiger partial charge in [-0.2, -0.15) is 0 Å². The number of hydrogen-bond acceptors (Lipinski definition) is 3. The summed E-state index contributed by atoms with van der Waals surface area (Å²) in [6.07, 6.45) is 0. The van der Waals surface area contributed by atoms with Gasteiger partial charge in [0.25, 0.3) is 0 Å². The number of sulfonamides is 1. The maximum atomic E-state index is 12.9. The van der Waals surface area contributed by atoms with E-state index >= 15 is 0 Å². The minimum absolute atomic E-state index is 0.283. The molecule has 5 heteroatoms. The van der Waals surface area contributed by atoms with Gasteiger partial charge in [0.1, 0.15) is 0 Å². The molecule has 0 amide bonds. The Hall–Kier alpha value is -2.21. The van der Waals surface area contributed by atoms with Gasteiger partial charge in [-0.25, -0.2) is 13.1 Å². The molecule has 0 saturated heterocycles. The standard InChI is InChI=1S/C20H22N2O2S/c1-22(2)15-20(17-9-4-3-5-10-17)21-25(23,24)19-13-12-16-8-6-7-11-18(16)14-19/h3-14,20-21H,15H2,1-2H3/t20-/m1/s1. The summed E-state index contributed by atoms with van der Waals surface area (Å²) in [5, 5.41) is 1.93. The Morgan fingerprint density at radius 2 is 1.52 bits per heavy atom. The van der Waals surface area contributed by atoms with Gasteiger partial charge in [-0.05, 0) is 42.6 Å². The van der Waals surface area contributed by atoms with Crippen molar-refractivity contribution in [1.29, 1.82) is 0 Å². The molecule has 0 aromatic heterocycles. The molecule has 1 atom stereocenters. The Labute approximate surface area is 149 Å². The highest BCUT2D eigenvalue weighted by atomic mass is 32.2. The number of fused-ring (bicyclic) bond motifs is 1. The van der Waals surface area contributed by atoms with Crippen LogP contribution < -0.4 is 4.72 Å². The maximum Gasteiger partial charge on any atom is 0.241 e. The summed E-state index contributed by atoms with van der Waals surface area (Å²) < 4.78 is 28.7. The van der Waals surface area contributed by atoms with E-state index in [-0.39, 0.29) is 10.9 Å². The fourth-order valence-electron chi connectivity index (χ4n) is 2.85. The molecule has 25 heavy (non-hydrogen) atoms. The zero-order valence-corrected chi connectivity index (χ0v) is 15.2. The van der Waals surface area contributed by atoms with Crippen LogP contribution in [0.3, 0.4) is 0 Å². The molecule has 0 saturated carbocycles. The molecular weight excluding hydrogens is 332 g/mol. The van der Waals surface area contributed by atoms with Crippen molar-refractivity contribution >= 4 is 20.8 Å². The number of nitrogens with one attached hydrogen (secondary N) is 1. The summed E-state index contributed by atoms with van der Waals surface area (Å²) >= 11 is 0. The van der Waals surface area contributed by atoms with Gasteiger partial charge in [0.15, 0.2) is 0 Å². The first-order valence-electron chi connectivity index (χ1n) is 8.16. The summed E-state index contributed by atoms with van der Waals surface area (Å²) in [4.78, 5) is 2.26. The molecule has 3 aromatic carbocycles. The summed E-state index contributed by atoms with van der Waals surface area (Å²) in [7, 11) is 0.240. The summed E-state index contributed by atoms with van der Waals surface area (Å²) in [5.74, 6) is 0. The molecule has 1 N–H and O–H groups in total. The van der Waals surface area contributed by atoms with Crippen molar-refractivity contribution in [3.05, 3.63) is 78.4 Å². The van der Waals surface area contributed by atoms with Crippen molar-refractivity contribution in [2.24, 2.45) is 0 Å². The number of likely N-dealkylation sites (N-methyl/N-ethyl adjacent to an activating group) is 1. The molecule has 0 fully saturated rings. The molecule has 0 spiro atoms. The molecule has 130 valence electrons. The topological polar surface area (TPSA) is 49.4 Å². The minimum Gasteiger partial charge on any atom is -0.307 e. The van der Waals surface area contributed by atoms with Crippen LogP contribution in [0.2, 0.25) is 0 Å². The van der Waals surface area contributed by atoms with E-state index in [1.54, 1.807) is 12.1 Å². The lowest BCUT2D eigenvalue weighted by Crippen LogP contribution is -2.35. The van der Waals surface area contributed by atoms with Crippen molar-refractivity contribution in [1.82, 2.24) is 9.62 Å². The molecule has 4 nitrogen and oxygen atoms in total. The van der Waals surface area contributed by atoms with Crippen molar-refractivity contribution in [3.63, 3.8) is 0 Å². The first-order chi connectivity index (χ1) is 12.0. The van der Waals surface area contributed by atoms with E-state index in [1.165, 1.54) is 0 Å². The van der Waals surface area contributed by atoms with Gasteiger partial charge in [0.2, 0.25) is 10.0 Å². The second-order valence-corrected chi connectivity index (χ2v) is 8.07. The van der Waals surface area contributed by atoms with Crippen molar-refractivity contribution in [3.8, 4) is 0 Å². The fourth-order valence-corrected chi connectivity index (χ4v) is 4.10. The Morgan fingerprint density at radius 1 is 0.880 bits per heavy atom. The van der Waals surface area contributed by atoms with Gasteiger partial charge in [-0.15, -0.1) is 0 Å². The van der Waals surface area contributed by atoms with Crippen LogP contribution in [-0.2, 0) is 10.0 Å². The quantitative estimate of drug-likeness (QED) is 0.738. The summed E-state index contributed by atoms with van der Waals surface area (Å²) in [6, 6.07) is 22.3. The van der Waals surface area contributed by atoms with Crippen LogP contribution in [0.4, 0.5) is 0 Å². The van der Waals surface area contributed by atoms with Crippen LogP contribution in [0.25, 0.3) is 10.8 Å². The largest absolute Gasteiger partial charge is 0.307 e. The van der Waals surface area contributed by atoms with Crippen LogP contribution in [0.5, 0.6) is 0 Å². The highest BCUT2D eigenvalue weighted by Gasteiger charge is 2.22. The van der Waals surface area contributed by atoms with Gasteiger partial charge < -0.3 is 4.90 Å². The van der Waals surface area contributed by atoms with E-state index in [4.69, 9.17) is 0 Å². The number of rotatable bonds is 6. The predicted octanol–water partition coefficient (Wildman–Crippen LogP) is 3.42. The molecule has 3 aromatic rings. The Kier molecular flexibility index (Phi) is 5.18. The molecule has 3 rings (SSSR count). The third-order valence-electron chi connectivity index (χ3n) is 4.08. The van der Waals surface area contributed by atoms with E-state index in [2.05, 4.69) is 4.72 Å². The lowest BCUT2D eigenvalue weighted by molar-refractivity contribution is 0.363. The Balaban J connectivity index is 1.93. The third-order valence-corrected chi connectivity index (χ3v) is 5.55. The van der Waals surface area contributed by atoms with Gasteiger partial charge in [-0.3, -0.25) is 0 Å². The number of benzene rings is 3. The average Bonchev–Trinajstić information content (AvgIpc) is 2.61. The smallest absolute Gasteiger partial charge is 0.241 e. The van der Waals surface area contributed by atoms with Crippen LogP contribution in [0.15, 0.2) is 77.7 Å². The Bertz CT molecular complexity index is 954. The van der Waals surface area contributed by atoms with E-state index in [9.17, 15) is 8.42 Å². The number of nitrogens with zero attached hydrogens (tertiary/aromatic N) is 1. The van der Waals surface area contributed by atoms with Gasteiger partial charge in [0, 0.05) is 6.54 Å². The van der Waals surface area contributed by atoms with Crippen LogP contribution in [-0.4, -0.2) is 34.0 Å².